The number of amides is 2. The zero-order chi connectivity index (χ0) is 18.8. The Labute approximate surface area is 154 Å². The maximum Gasteiger partial charge on any atom is 0.411 e. The Morgan fingerprint density at radius 3 is 2.48 bits per heavy atom. The van der Waals surface area contributed by atoms with Crippen molar-refractivity contribution >= 4 is 23.8 Å². The zero-order valence-electron chi connectivity index (χ0n) is 15.8. The van der Waals surface area contributed by atoms with Crippen molar-refractivity contribution in [2.75, 3.05) is 12.3 Å². The molecule has 2 atom stereocenters. The third kappa shape index (κ3) is 5.53. The monoisotopic (exact) mass is 367 g/mol. The van der Waals surface area contributed by atoms with Crippen molar-refractivity contribution in [3.8, 4) is 6.19 Å². The van der Waals surface area contributed by atoms with Crippen LogP contribution < -0.4 is 0 Å². The molecule has 2 rings (SSSR count). The number of carbonyl (C=O) groups is 2. The summed E-state index contributed by atoms with van der Waals surface area (Å²) >= 11 is 1.79. The number of rotatable bonds is 5. The molecule has 0 aromatic carbocycles. The fourth-order valence-electron chi connectivity index (χ4n) is 2.81. The molecule has 1 heterocycles. The van der Waals surface area contributed by atoms with E-state index in [2.05, 4.69) is 13.8 Å². The van der Waals surface area contributed by atoms with E-state index in [0.717, 1.165) is 18.6 Å². The number of nitrogens with zero attached hydrogens (tertiary/aromatic N) is 3. The van der Waals surface area contributed by atoms with Gasteiger partial charge in [-0.05, 0) is 51.7 Å². The number of ether oxygens (including phenoxy) is 1. The van der Waals surface area contributed by atoms with E-state index in [1.165, 1.54) is 9.80 Å². The van der Waals surface area contributed by atoms with Crippen LogP contribution >= 0.6 is 11.8 Å². The Hall–Kier alpha value is -1.42. The predicted octanol–water partition coefficient (Wildman–Crippen LogP) is 3.23. The lowest BCUT2D eigenvalue weighted by Crippen LogP contribution is -2.48. The van der Waals surface area contributed by atoms with Crippen LogP contribution in [0, 0.1) is 17.4 Å². The number of likely N-dealkylation sites (tertiary alicyclic amines) is 1. The molecule has 1 aliphatic carbocycles. The van der Waals surface area contributed by atoms with E-state index in [9.17, 15) is 14.9 Å². The maximum absolute atomic E-state index is 12.9. The first-order valence-electron chi connectivity index (χ1n) is 8.96. The Balaban J connectivity index is 2.12. The van der Waals surface area contributed by atoms with Gasteiger partial charge >= 0.3 is 6.09 Å². The van der Waals surface area contributed by atoms with E-state index in [1.807, 2.05) is 27.0 Å². The van der Waals surface area contributed by atoms with Crippen LogP contribution in [0.25, 0.3) is 0 Å². The molecule has 7 heteroatoms. The molecule has 1 saturated carbocycles. The van der Waals surface area contributed by atoms with Crippen molar-refractivity contribution in [3.05, 3.63) is 0 Å². The highest BCUT2D eigenvalue weighted by Gasteiger charge is 2.46. The first kappa shape index (κ1) is 19.9. The molecule has 6 nitrogen and oxygen atoms in total. The van der Waals surface area contributed by atoms with Crippen molar-refractivity contribution < 1.29 is 14.3 Å². The molecule has 0 N–H and O–H groups in total. The van der Waals surface area contributed by atoms with Crippen LogP contribution in [0.2, 0.25) is 0 Å². The van der Waals surface area contributed by atoms with Gasteiger partial charge in [-0.2, -0.15) is 17.0 Å². The molecule has 1 saturated heterocycles. The minimum absolute atomic E-state index is 0.0142. The lowest BCUT2D eigenvalue weighted by Gasteiger charge is -2.29. The van der Waals surface area contributed by atoms with Gasteiger partial charge in [-0.25, -0.2) is 9.69 Å². The number of nitriles is 1. The van der Waals surface area contributed by atoms with Gasteiger partial charge < -0.3 is 4.74 Å². The summed E-state index contributed by atoms with van der Waals surface area (Å²) in [5, 5.41) is 9.53. The first-order chi connectivity index (χ1) is 11.6. The molecule has 0 aromatic rings. The lowest BCUT2D eigenvalue weighted by molar-refractivity contribution is -0.133. The van der Waals surface area contributed by atoms with Gasteiger partial charge in [0.05, 0.1) is 0 Å². The summed E-state index contributed by atoms with van der Waals surface area (Å²) in [6, 6.07) is -0.583. The van der Waals surface area contributed by atoms with Gasteiger partial charge in [0.25, 0.3) is 5.91 Å². The standard InChI is InChI=1S/C18H29N3O3S/c1-12(2)10-25-14-8-15(16(22)21(11-19)13-6-7-13)20(9-14)17(23)24-18(3,4)5/h12-15H,6-10H2,1-5H3. The summed E-state index contributed by atoms with van der Waals surface area (Å²) < 4.78 is 5.49. The maximum atomic E-state index is 12.9. The molecule has 2 aliphatic rings. The van der Waals surface area contributed by atoms with Gasteiger partial charge in [-0.1, -0.05) is 13.8 Å². The normalized spacial score (nSPS) is 23.5. The van der Waals surface area contributed by atoms with Gasteiger partial charge in [-0.15, -0.1) is 0 Å². The minimum atomic E-state index is -0.612. The largest absolute Gasteiger partial charge is 0.444 e. The third-order valence-corrected chi connectivity index (χ3v) is 5.77. The molecule has 25 heavy (non-hydrogen) atoms. The zero-order valence-corrected chi connectivity index (χ0v) is 16.6. The quantitative estimate of drug-likeness (QED) is 0.551. The van der Waals surface area contributed by atoms with Gasteiger partial charge in [0.1, 0.15) is 11.6 Å². The van der Waals surface area contributed by atoms with Gasteiger partial charge in [0.2, 0.25) is 0 Å². The van der Waals surface area contributed by atoms with Crippen LogP contribution in [-0.2, 0) is 9.53 Å². The van der Waals surface area contributed by atoms with Crippen molar-refractivity contribution in [2.45, 2.75) is 76.8 Å². The predicted molar refractivity (Wildman–Crippen MR) is 97.9 cm³/mol. The Morgan fingerprint density at radius 2 is 2.00 bits per heavy atom. The SMILES string of the molecule is CC(C)CSC1CC(C(=O)N(C#N)C2CC2)N(C(=O)OC(C)(C)C)C1. The second kappa shape index (κ2) is 7.86. The Kier molecular flexibility index (Phi) is 6.26. The lowest BCUT2D eigenvalue weighted by atomic mass is 10.2. The number of hydrogen-bond acceptors (Lipinski definition) is 5. The van der Waals surface area contributed by atoms with Crippen LogP contribution in [0.1, 0.15) is 53.9 Å². The van der Waals surface area contributed by atoms with E-state index in [1.54, 1.807) is 11.8 Å². The highest BCUT2D eigenvalue weighted by atomic mass is 32.2. The van der Waals surface area contributed by atoms with Gasteiger partial charge in [0, 0.05) is 17.8 Å². The molecule has 2 unspecified atom stereocenters. The minimum Gasteiger partial charge on any atom is -0.444 e. The van der Waals surface area contributed by atoms with Crippen molar-refractivity contribution in [1.82, 2.24) is 9.80 Å². The van der Waals surface area contributed by atoms with E-state index in [4.69, 9.17) is 4.74 Å². The Bertz CT molecular complexity index is 549. The van der Waals surface area contributed by atoms with Gasteiger partial charge in [0.15, 0.2) is 6.19 Å². The van der Waals surface area contributed by atoms with Crippen LogP contribution in [0.4, 0.5) is 4.79 Å². The van der Waals surface area contributed by atoms with Crippen LogP contribution in [0.15, 0.2) is 0 Å². The molecule has 2 fully saturated rings. The highest BCUT2D eigenvalue weighted by molar-refractivity contribution is 7.99. The van der Waals surface area contributed by atoms with E-state index in [0.29, 0.717) is 18.9 Å². The molecule has 140 valence electrons. The van der Waals surface area contributed by atoms with Crippen molar-refractivity contribution in [3.63, 3.8) is 0 Å². The second-order valence-corrected chi connectivity index (χ2v) is 9.61. The van der Waals surface area contributed by atoms with Crippen LogP contribution in [0.3, 0.4) is 0 Å². The molecular formula is C18H29N3O3S. The van der Waals surface area contributed by atoms with Crippen molar-refractivity contribution in [2.24, 2.45) is 5.92 Å². The van der Waals surface area contributed by atoms with E-state index in [-0.39, 0.29) is 17.2 Å². The van der Waals surface area contributed by atoms with E-state index < -0.39 is 17.7 Å². The summed E-state index contributed by atoms with van der Waals surface area (Å²) in [7, 11) is 0. The third-order valence-electron chi connectivity index (χ3n) is 4.10. The average Bonchev–Trinajstić information content (AvgIpc) is 3.22. The first-order valence-corrected chi connectivity index (χ1v) is 10.0. The molecular weight excluding hydrogens is 338 g/mol. The topological polar surface area (TPSA) is 73.6 Å². The Morgan fingerprint density at radius 1 is 1.36 bits per heavy atom. The smallest absolute Gasteiger partial charge is 0.411 e. The summed E-state index contributed by atoms with van der Waals surface area (Å²) in [5.74, 6) is 1.28. The second-order valence-electron chi connectivity index (χ2n) is 8.27. The fraction of sp³-hybridized carbons (Fsp3) is 0.833. The molecule has 0 aromatic heterocycles. The van der Waals surface area contributed by atoms with Crippen LogP contribution in [-0.4, -0.2) is 57.0 Å². The summed E-state index contributed by atoms with van der Waals surface area (Å²) in [4.78, 5) is 28.3. The number of hydrogen-bond donors (Lipinski definition) is 0. The average molecular weight is 368 g/mol. The van der Waals surface area contributed by atoms with Gasteiger partial charge in [-0.3, -0.25) is 9.69 Å². The molecule has 0 spiro atoms. The summed E-state index contributed by atoms with van der Waals surface area (Å²) in [6.45, 7) is 10.2. The van der Waals surface area contributed by atoms with Crippen molar-refractivity contribution in [1.29, 1.82) is 5.26 Å². The molecule has 2 amide bonds. The summed E-state index contributed by atoms with van der Waals surface area (Å²) in [6.07, 6.45) is 3.86. The fourth-order valence-corrected chi connectivity index (χ4v) is 4.05. The molecule has 1 aliphatic heterocycles. The van der Waals surface area contributed by atoms with Crippen LogP contribution in [0.5, 0.6) is 0 Å². The number of thioether (sulfide) groups is 1. The van der Waals surface area contributed by atoms with E-state index >= 15 is 0 Å². The number of carbonyl (C=O) groups excluding carboxylic acids is 2. The summed E-state index contributed by atoms with van der Waals surface area (Å²) in [5.41, 5.74) is -0.612. The molecule has 0 bridgehead atoms. The highest BCUT2D eigenvalue weighted by Crippen LogP contribution is 2.34. The molecule has 0 radical (unpaired) electrons.